The molecule has 0 saturated heterocycles. The molecule has 0 aliphatic carbocycles. The van der Waals surface area contributed by atoms with Gasteiger partial charge in [-0.05, 0) is 31.9 Å². The van der Waals surface area contributed by atoms with E-state index < -0.39 is 0 Å². The smallest absolute Gasteiger partial charge is 0.224 e. The lowest BCUT2D eigenvalue weighted by Gasteiger charge is -2.08. The summed E-state index contributed by atoms with van der Waals surface area (Å²) in [5.41, 5.74) is 2.11. The zero-order valence-corrected chi connectivity index (χ0v) is 12.1. The molecule has 2 rings (SSSR count). The molecule has 0 bridgehead atoms. The molecule has 0 atom stereocenters. The fourth-order valence-electron chi connectivity index (χ4n) is 2.13. The lowest BCUT2D eigenvalue weighted by atomic mass is 10.1. The SMILES string of the molecule is CC(C)OCCCNC(=O)Cc1c[nH]c2ccccc12. The molecule has 2 N–H and O–H groups in total. The van der Waals surface area contributed by atoms with Crippen LogP contribution < -0.4 is 5.32 Å². The van der Waals surface area contributed by atoms with Crippen LogP contribution in [0.25, 0.3) is 10.9 Å². The number of fused-ring (bicyclic) bond motifs is 1. The molecule has 0 fully saturated rings. The van der Waals surface area contributed by atoms with E-state index in [2.05, 4.69) is 10.3 Å². The maximum atomic E-state index is 11.9. The van der Waals surface area contributed by atoms with Crippen molar-refractivity contribution in [3.63, 3.8) is 0 Å². The van der Waals surface area contributed by atoms with Crippen LogP contribution in [0.4, 0.5) is 0 Å². The summed E-state index contributed by atoms with van der Waals surface area (Å²) >= 11 is 0. The van der Waals surface area contributed by atoms with Crippen molar-refractivity contribution in [3.8, 4) is 0 Å². The van der Waals surface area contributed by atoms with Crippen LogP contribution in [-0.4, -0.2) is 30.1 Å². The monoisotopic (exact) mass is 274 g/mol. The van der Waals surface area contributed by atoms with Gasteiger partial charge >= 0.3 is 0 Å². The van der Waals surface area contributed by atoms with E-state index in [1.54, 1.807) is 0 Å². The fourth-order valence-corrected chi connectivity index (χ4v) is 2.13. The summed E-state index contributed by atoms with van der Waals surface area (Å²) in [6.45, 7) is 5.37. The molecular weight excluding hydrogens is 252 g/mol. The number of aromatic amines is 1. The first-order chi connectivity index (χ1) is 9.66. The summed E-state index contributed by atoms with van der Waals surface area (Å²) in [7, 11) is 0. The van der Waals surface area contributed by atoms with Crippen molar-refractivity contribution in [2.45, 2.75) is 32.8 Å². The molecular formula is C16H22N2O2. The quantitative estimate of drug-likeness (QED) is 0.763. The number of aromatic nitrogens is 1. The minimum atomic E-state index is 0.0549. The number of carbonyl (C=O) groups is 1. The highest BCUT2D eigenvalue weighted by Gasteiger charge is 2.07. The van der Waals surface area contributed by atoms with E-state index in [0.717, 1.165) is 22.9 Å². The van der Waals surface area contributed by atoms with Gasteiger partial charge in [0.05, 0.1) is 12.5 Å². The van der Waals surface area contributed by atoms with E-state index in [-0.39, 0.29) is 12.0 Å². The second kappa shape index (κ2) is 7.10. The fraction of sp³-hybridized carbons (Fsp3) is 0.438. The highest BCUT2D eigenvalue weighted by molar-refractivity contribution is 5.88. The molecule has 0 unspecified atom stereocenters. The molecule has 1 heterocycles. The van der Waals surface area contributed by atoms with Crippen molar-refractivity contribution >= 4 is 16.8 Å². The Morgan fingerprint density at radius 1 is 1.35 bits per heavy atom. The molecule has 4 heteroatoms. The topological polar surface area (TPSA) is 54.1 Å². The Balaban J connectivity index is 1.77. The molecule has 0 spiro atoms. The van der Waals surface area contributed by atoms with E-state index in [1.165, 1.54) is 0 Å². The van der Waals surface area contributed by atoms with E-state index >= 15 is 0 Å². The maximum absolute atomic E-state index is 11.9. The number of amides is 1. The number of para-hydroxylation sites is 1. The van der Waals surface area contributed by atoms with Gasteiger partial charge < -0.3 is 15.0 Å². The first-order valence-electron chi connectivity index (χ1n) is 7.10. The average Bonchev–Trinajstić information content (AvgIpc) is 2.81. The molecule has 0 radical (unpaired) electrons. The van der Waals surface area contributed by atoms with Crippen LogP contribution in [0.5, 0.6) is 0 Å². The second-order valence-corrected chi connectivity index (χ2v) is 5.16. The number of ether oxygens (including phenoxy) is 1. The summed E-state index contributed by atoms with van der Waals surface area (Å²) in [6, 6.07) is 8.02. The molecule has 2 aromatic rings. The Morgan fingerprint density at radius 3 is 2.95 bits per heavy atom. The highest BCUT2D eigenvalue weighted by atomic mass is 16.5. The average molecular weight is 274 g/mol. The third-order valence-corrected chi connectivity index (χ3v) is 3.12. The molecule has 20 heavy (non-hydrogen) atoms. The van der Waals surface area contributed by atoms with Gasteiger partial charge in [-0.2, -0.15) is 0 Å². The Labute approximate surface area is 119 Å². The van der Waals surface area contributed by atoms with Crippen LogP contribution in [0.2, 0.25) is 0 Å². The highest BCUT2D eigenvalue weighted by Crippen LogP contribution is 2.17. The van der Waals surface area contributed by atoms with Crippen molar-refractivity contribution in [2.24, 2.45) is 0 Å². The molecule has 4 nitrogen and oxygen atoms in total. The van der Waals surface area contributed by atoms with Crippen molar-refractivity contribution in [2.75, 3.05) is 13.2 Å². The van der Waals surface area contributed by atoms with Crippen molar-refractivity contribution in [1.29, 1.82) is 0 Å². The first-order valence-corrected chi connectivity index (χ1v) is 7.10. The summed E-state index contributed by atoms with van der Waals surface area (Å²) < 4.78 is 5.43. The van der Waals surface area contributed by atoms with Crippen LogP contribution >= 0.6 is 0 Å². The predicted octanol–water partition coefficient (Wildman–Crippen LogP) is 2.64. The van der Waals surface area contributed by atoms with Gasteiger partial charge in [-0.25, -0.2) is 0 Å². The predicted molar refractivity (Wildman–Crippen MR) is 80.7 cm³/mol. The summed E-state index contributed by atoms with van der Waals surface area (Å²) in [5.74, 6) is 0.0549. The third kappa shape index (κ3) is 4.10. The molecule has 0 saturated carbocycles. The Kier molecular flexibility index (Phi) is 5.18. The van der Waals surface area contributed by atoms with Crippen molar-refractivity contribution in [3.05, 3.63) is 36.0 Å². The van der Waals surface area contributed by atoms with Crippen molar-refractivity contribution < 1.29 is 9.53 Å². The van der Waals surface area contributed by atoms with E-state index in [9.17, 15) is 4.79 Å². The molecule has 1 amide bonds. The van der Waals surface area contributed by atoms with Crippen LogP contribution in [-0.2, 0) is 16.0 Å². The Hall–Kier alpha value is -1.81. The molecule has 0 aliphatic rings. The van der Waals surface area contributed by atoms with Gasteiger partial charge in [0.1, 0.15) is 0 Å². The van der Waals surface area contributed by atoms with Gasteiger partial charge in [-0.1, -0.05) is 18.2 Å². The van der Waals surface area contributed by atoms with Gasteiger partial charge in [0.2, 0.25) is 5.91 Å². The lowest BCUT2D eigenvalue weighted by molar-refractivity contribution is -0.120. The third-order valence-electron chi connectivity index (χ3n) is 3.12. The molecule has 108 valence electrons. The van der Waals surface area contributed by atoms with Crippen LogP contribution in [0, 0.1) is 0 Å². The number of carbonyl (C=O) groups excluding carboxylic acids is 1. The lowest BCUT2D eigenvalue weighted by Crippen LogP contribution is -2.27. The van der Waals surface area contributed by atoms with Gasteiger partial charge in [-0.15, -0.1) is 0 Å². The number of H-pyrrole nitrogens is 1. The zero-order valence-electron chi connectivity index (χ0n) is 12.1. The largest absolute Gasteiger partial charge is 0.379 e. The molecule has 0 aliphatic heterocycles. The van der Waals surface area contributed by atoms with Gasteiger partial charge in [0, 0.05) is 30.3 Å². The van der Waals surface area contributed by atoms with Crippen molar-refractivity contribution in [1.82, 2.24) is 10.3 Å². The van der Waals surface area contributed by atoms with E-state index in [4.69, 9.17) is 4.74 Å². The minimum Gasteiger partial charge on any atom is -0.379 e. The summed E-state index contributed by atoms with van der Waals surface area (Å²) in [5, 5.41) is 4.04. The number of rotatable bonds is 7. The normalized spacial score (nSPS) is 11.2. The first kappa shape index (κ1) is 14.6. The summed E-state index contributed by atoms with van der Waals surface area (Å²) in [6.07, 6.45) is 3.41. The standard InChI is InChI=1S/C16H22N2O2/c1-12(2)20-9-5-8-17-16(19)10-13-11-18-15-7-4-3-6-14(13)15/h3-4,6-7,11-12,18H,5,8-10H2,1-2H3,(H,17,19). The number of benzene rings is 1. The minimum absolute atomic E-state index is 0.0549. The zero-order chi connectivity index (χ0) is 14.4. The molecule has 1 aromatic carbocycles. The van der Waals surface area contributed by atoms with E-state index in [1.807, 2.05) is 44.3 Å². The van der Waals surface area contributed by atoms with Crippen LogP contribution in [0.1, 0.15) is 25.8 Å². The summed E-state index contributed by atoms with van der Waals surface area (Å²) in [4.78, 5) is 15.1. The Morgan fingerprint density at radius 2 is 2.15 bits per heavy atom. The number of hydrogen-bond donors (Lipinski definition) is 2. The second-order valence-electron chi connectivity index (χ2n) is 5.16. The van der Waals surface area contributed by atoms with Gasteiger partial charge in [-0.3, -0.25) is 4.79 Å². The van der Waals surface area contributed by atoms with Gasteiger partial charge in [0.15, 0.2) is 0 Å². The van der Waals surface area contributed by atoms with Gasteiger partial charge in [0.25, 0.3) is 0 Å². The number of hydrogen-bond acceptors (Lipinski definition) is 2. The maximum Gasteiger partial charge on any atom is 0.224 e. The van der Waals surface area contributed by atoms with Crippen LogP contribution in [0.15, 0.2) is 30.5 Å². The Bertz CT molecular complexity index is 560. The van der Waals surface area contributed by atoms with Crippen LogP contribution in [0.3, 0.4) is 0 Å². The number of nitrogens with one attached hydrogen (secondary N) is 2. The van der Waals surface area contributed by atoms with E-state index in [0.29, 0.717) is 19.6 Å². The molecule has 1 aromatic heterocycles.